The molecule has 2 fully saturated rings. The van der Waals surface area contributed by atoms with Gasteiger partial charge < -0.3 is 14.5 Å². The summed E-state index contributed by atoms with van der Waals surface area (Å²) in [7, 11) is 0. The van der Waals surface area contributed by atoms with Crippen LogP contribution in [0.4, 0.5) is 10.1 Å². The third kappa shape index (κ3) is 5.31. The highest BCUT2D eigenvalue weighted by molar-refractivity contribution is 6.01. The molecule has 0 aliphatic carbocycles. The third-order valence-corrected chi connectivity index (χ3v) is 7.04. The molecular formula is C29H31FN2O3. The normalized spacial score (nSPS) is 16.2. The minimum atomic E-state index is -0.374. The van der Waals surface area contributed by atoms with Gasteiger partial charge in [0.25, 0.3) is 0 Å². The van der Waals surface area contributed by atoms with E-state index in [9.17, 15) is 14.0 Å². The lowest BCUT2D eigenvalue weighted by Gasteiger charge is -2.29. The summed E-state index contributed by atoms with van der Waals surface area (Å²) in [5, 5.41) is 1.88. The van der Waals surface area contributed by atoms with Gasteiger partial charge in [0.05, 0.1) is 6.54 Å². The van der Waals surface area contributed by atoms with E-state index in [0.717, 1.165) is 66.7 Å². The van der Waals surface area contributed by atoms with Crippen LogP contribution in [0.2, 0.25) is 0 Å². The summed E-state index contributed by atoms with van der Waals surface area (Å²) in [6.07, 6.45) is 5.10. The lowest BCUT2D eigenvalue weighted by molar-refractivity contribution is -0.128. The molecule has 5 nitrogen and oxygen atoms in total. The van der Waals surface area contributed by atoms with Crippen LogP contribution < -0.4 is 9.64 Å². The molecule has 2 heterocycles. The van der Waals surface area contributed by atoms with E-state index in [2.05, 4.69) is 4.90 Å². The van der Waals surface area contributed by atoms with Gasteiger partial charge in [0.2, 0.25) is 5.91 Å². The SMILES string of the molecule is O=C(Cc1ccc(OCCN2CCCC2=O)c2ccccc12)c1cc(F)cc(N2CCCCC2)c1. The van der Waals surface area contributed by atoms with Crippen molar-refractivity contribution in [1.82, 2.24) is 4.90 Å². The van der Waals surface area contributed by atoms with Crippen LogP contribution in [0.5, 0.6) is 5.75 Å². The molecule has 3 aromatic carbocycles. The first-order chi connectivity index (χ1) is 17.1. The molecule has 182 valence electrons. The van der Waals surface area contributed by atoms with Crippen LogP contribution in [-0.2, 0) is 11.2 Å². The Morgan fingerprint density at radius 1 is 0.914 bits per heavy atom. The smallest absolute Gasteiger partial charge is 0.222 e. The van der Waals surface area contributed by atoms with Gasteiger partial charge in [-0.2, -0.15) is 0 Å². The first-order valence-corrected chi connectivity index (χ1v) is 12.6. The zero-order chi connectivity index (χ0) is 24.2. The fourth-order valence-corrected chi connectivity index (χ4v) is 5.16. The summed E-state index contributed by atoms with van der Waals surface area (Å²) in [5.41, 5.74) is 2.08. The van der Waals surface area contributed by atoms with E-state index in [0.29, 0.717) is 25.1 Å². The lowest BCUT2D eigenvalue weighted by atomic mass is 9.96. The average molecular weight is 475 g/mol. The van der Waals surface area contributed by atoms with Crippen LogP contribution >= 0.6 is 0 Å². The molecule has 0 saturated carbocycles. The van der Waals surface area contributed by atoms with Crippen molar-refractivity contribution < 1.29 is 18.7 Å². The Labute approximate surface area is 205 Å². The van der Waals surface area contributed by atoms with Gasteiger partial charge in [0, 0.05) is 49.1 Å². The maximum Gasteiger partial charge on any atom is 0.222 e. The van der Waals surface area contributed by atoms with Crippen LogP contribution in [0.15, 0.2) is 54.6 Å². The molecule has 2 aliphatic heterocycles. The van der Waals surface area contributed by atoms with E-state index >= 15 is 0 Å². The van der Waals surface area contributed by atoms with E-state index in [1.54, 1.807) is 0 Å². The second-order valence-electron chi connectivity index (χ2n) is 9.45. The molecule has 0 unspecified atom stereocenters. The van der Waals surface area contributed by atoms with Gasteiger partial charge >= 0.3 is 0 Å². The first-order valence-electron chi connectivity index (χ1n) is 12.6. The number of ketones is 1. The predicted octanol–water partition coefficient (Wildman–Crippen LogP) is 5.40. The number of benzene rings is 3. The molecule has 0 atom stereocenters. The standard InChI is InChI=1S/C29H31FN2O3/c30-23-17-22(18-24(20-23)31-12-4-1-5-13-31)27(33)19-21-10-11-28(26-8-3-2-7-25(21)26)35-16-15-32-14-6-9-29(32)34/h2-3,7-8,10-11,17-18,20H,1,4-6,9,12-16,19H2. The van der Waals surface area contributed by atoms with Gasteiger partial charge in [-0.15, -0.1) is 0 Å². The molecule has 0 radical (unpaired) electrons. The van der Waals surface area contributed by atoms with Crippen LogP contribution in [0, 0.1) is 5.82 Å². The van der Waals surface area contributed by atoms with Gasteiger partial charge in [-0.3, -0.25) is 9.59 Å². The molecule has 0 bridgehead atoms. The van der Waals surface area contributed by atoms with E-state index in [1.165, 1.54) is 18.6 Å². The molecular weight excluding hydrogens is 443 g/mol. The van der Waals surface area contributed by atoms with Crippen molar-refractivity contribution in [2.45, 2.75) is 38.5 Å². The highest BCUT2D eigenvalue weighted by atomic mass is 19.1. The summed E-state index contributed by atoms with van der Waals surface area (Å²) in [6.45, 7) is 3.59. The minimum Gasteiger partial charge on any atom is -0.491 e. The summed E-state index contributed by atoms with van der Waals surface area (Å²) in [5.74, 6) is 0.449. The zero-order valence-corrected chi connectivity index (χ0v) is 20.0. The van der Waals surface area contributed by atoms with E-state index in [4.69, 9.17) is 4.74 Å². The number of piperidine rings is 1. The number of hydrogen-bond donors (Lipinski definition) is 0. The number of carbonyl (C=O) groups excluding carboxylic acids is 2. The van der Waals surface area contributed by atoms with Crippen molar-refractivity contribution in [1.29, 1.82) is 0 Å². The largest absolute Gasteiger partial charge is 0.491 e. The molecule has 0 spiro atoms. The van der Waals surface area contributed by atoms with Crippen LogP contribution in [0.1, 0.15) is 48.0 Å². The highest BCUT2D eigenvalue weighted by Crippen LogP contribution is 2.30. The Balaban J connectivity index is 1.33. The predicted molar refractivity (Wildman–Crippen MR) is 136 cm³/mol. The Bertz CT molecular complexity index is 1240. The maximum absolute atomic E-state index is 14.4. The summed E-state index contributed by atoms with van der Waals surface area (Å²) in [4.78, 5) is 29.1. The van der Waals surface area contributed by atoms with Crippen LogP contribution in [0.25, 0.3) is 10.8 Å². The fraction of sp³-hybridized carbons (Fsp3) is 0.379. The second-order valence-corrected chi connectivity index (χ2v) is 9.45. The quantitative estimate of drug-likeness (QED) is 0.411. The number of fused-ring (bicyclic) bond motifs is 1. The molecule has 0 N–H and O–H groups in total. The first kappa shape index (κ1) is 23.3. The maximum atomic E-state index is 14.4. The molecule has 1 amide bonds. The van der Waals surface area contributed by atoms with Gasteiger partial charge in [-0.25, -0.2) is 4.39 Å². The number of anilines is 1. The van der Waals surface area contributed by atoms with Crippen molar-refractivity contribution in [2.24, 2.45) is 0 Å². The summed E-state index contributed by atoms with van der Waals surface area (Å²) in [6, 6.07) is 16.4. The zero-order valence-electron chi connectivity index (χ0n) is 20.0. The van der Waals surface area contributed by atoms with E-state index < -0.39 is 0 Å². The number of likely N-dealkylation sites (tertiary alicyclic amines) is 1. The molecule has 5 rings (SSSR count). The number of carbonyl (C=O) groups is 2. The number of hydrogen-bond acceptors (Lipinski definition) is 4. The van der Waals surface area contributed by atoms with E-state index in [-0.39, 0.29) is 23.9 Å². The third-order valence-electron chi connectivity index (χ3n) is 7.04. The molecule has 3 aromatic rings. The number of amides is 1. The minimum absolute atomic E-state index is 0.103. The second kappa shape index (κ2) is 10.5. The van der Waals surface area contributed by atoms with E-state index in [1.807, 2.05) is 47.4 Å². The van der Waals surface area contributed by atoms with Crippen molar-refractivity contribution in [3.63, 3.8) is 0 Å². The summed E-state index contributed by atoms with van der Waals surface area (Å²) >= 11 is 0. The number of nitrogens with zero attached hydrogens (tertiary/aromatic N) is 2. The van der Waals surface area contributed by atoms with Crippen molar-refractivity contribution in [3.8, 4) is 5.75 Å². The van der Waals surface area contributed by atoms with Gasteiger partial charge in [-0.1, -0.05) is 30.3 Å². The number of ether oxygens (including phenoxy) is 1. The summed E-state index contributed by atoms with van der Waals surface area (Å²) < 4.78 is 20.5. The van der Waals surface area contributed by atoms with Crippen LogP contribution in [0.3, 0.4) is 0 Å². The monoisotopic (exact) mass is 474 g/mol. The fourth-order valence-electron chi connectivity index (χ4n) is 5.16. The Morgan fingerprint density at radius 2 is 1.71 bits per heavy atom. The topological polar surface area (TPSA) is 49.9 Å². The Morgan fingerprint density at radius 3 is 2.49 bits per heavy atom. The molecule has 35 heavy (non-hydrogen) atoms. The number of rotatable bonds is 8. The highest BCUT2D eigenvalue weighted by Gasteiger charge is 2.20. The number of Topliss-reactive ketones (excluding diaryl/α,β-unsaturated/α-hetero) is 1. The number of halogens is 1. The van der Waals surface area contributed by atoms with Gasteiger partial charge in [0.15, 0.2) is 5.78 Å². The molecule has 2 aliphatic rings. The molecule has 0 aromatic heterocycles. The lowest BCUT2D eigenvalue weighted by Crippen LogP contribution is -2.29. The van der Waals surface area contributed by atoms with Crippen molar-refractivity contribution >= 4 is 28.2 Å². The Hall–Kier alpha value is -3.41. The van der Waals surface area contributed by atoms with Crippen molar-refractivity contribution in [2.75, 3.05) is 37.7 Å². The van der Waals surface area contributed by atoms with Gasteiger partial charge in [-0.05, 0) is 60.9 Å². The molecule has 2 saturated heterocycles. The average Bonchev–Trinajstić information content (AvgIpc) is 3.29. The Kier molecular flexibility index (Phi) is 6.98. The van der Waals surface area contributed by atoms with Crippen LogP contribution in [-0.4, -0.2) is 49.4 Å². The molecule has 6 heteroatoms. The van der Waals surface area contributed by atoms with Gasteiger partial charge in [0.1, 0.15) is 18.2 Å². The van der Waals surface area contributed by atoms with Crippen molar-refractivity contribution in [3.05, 3.63) is 71.5 Å².